The van der Waals surface area contributed by atoms with Crippen molar-refractivity contribution in [3.63, 3.8) is 0 Å². The fourth-order valence-electron chi connectivity index (χ4n) is 4.38. The lowest BCUT2D eigenvalue weighted by molar-refractivity contribution is -0.140. The van der Waals surface area contributed by atoms with Crippen molar-refractivity contribution in [3.05, 3.63) is 24.3 Å². The highest BCUT2D eigenvalue weighted by Crippen LogP contribution is 2.31. The van der Waals surface area contributed by atoms with E-state index in [0.29, 0.717) is 23.6 Å². The summed E-state index contributed by atoms with van der Waals surface area (Å²) >= 11 is 0. The maximum Gasteiger partial charge on any atom is 0.261 e. The van der Waals surface area contributed by atoms with E-state index in [1.165, 1.54) is 38.5 Å². The predicted molar refractivity (Wildman–Crippen MR) is 99.1 cm³/mol. The molecule has 2 saturated carbocycles. The maximum absolute atomic E-state index is 13.1. The quantitative estimate of drug-likeness (QED) is 0.758. The third kappa shape index (κ3) is 4.68. The lowest BCUT2D eigenvalue weighted by atomic mass is 9.88. The van der Waals surface area contributed by atoms with Gasteiger partial charge in [-0.1, -0.05) is 50.7 Å². The molecule has 138 valence electrons. The van der Waals surface area contributed by atoms with E-state index in [9.17, 15) is 4.79 Å². The van der Waals surface area contributed by atoms with Crippen molar-refractivity contribution in [1.29, 1.82) is 0 Å². The molecule has 0 N–H and O–H groups in total. The molecule has 0 bridgehead atoms. The summed E-state index contributed by atoms with van der Waals surface area (Å²) in [5, 5.41) is 0. The average molecular weight is 345 g/mol. The van der Waals surface area contributed by atoms with Crippen LogP contribution in [0, 0.1) is 0 Å². The first-order valence-electron chi connectivity index (χ1n) is 9.86. The smallest absolute Gasteiger partial charge is 0.261 e. The van der Waals surface area contributed by atoms with Crippen molar-refractivity contribution >= 4 is 5.91 Å². The van der Waals surface area contributed by atoms with E-state index in [0.717, 1.165) is 25.7 Å². The van der Waals surface area contributed by atoms with Crippen LogP contribution in [-0.4, -0.2) is 36.6 Å². The Kier molecular flexibility index (Phi) is 6.60. The summed E-state index contributed by atoms with van der Waals surface area (Å²) < 4.78 is 11.2. The molecule has 4 heteroatoms. The van der Waals surface area contributed by atoms with Gasteiger partial charge in [-0.05, 0) is 37.8 Å². The maximum atomic E-state index is 13.1. The molecule has 0 heterocycles. The first-order valence-corrected chi connectivity index (χ1v) is 9.86. The summed E-state index contributed by atoms with van der Waals surface area (Å²) in [6.07, 6.45) is 12.2. The van der Waals surface area contributed by atoms with Crippen molar-refractivity contribution in [1.82, 2.24) is 4.90 Å². The van der Waals surface area contributed by atoms with E-state index >= 15 is 0 Å². The molecule has 2 aliphatic carbocycles. The van der Waals surface area contributed by atoms with E-state index in [1.54, 1.807) is 7.11 Å². The first-order chi connectivity index (χ1) is 12.3. The molecular formula is C21H31NO3. The molecule has 0 saturated heterocycles. The van der Waals surface area contributed by atoms with E-state index in [4.69, 9.17) is 9.47 Å². The highest BCUT2D eigenvalue weighted by Gasteiger charge is 2.32. The molecule has 1 aromatic rings. The summed E-state index contributed by atoms with van der Waals surface area (Å²) in [5.41, 5.74) is 0. The number of carbonyl (C=O) groups is 1. The SMILES string of the molecule is COc1ccccc1OCC(=O)N(C1CCCCC1)C1CCCCC1. The van der Waals surface area contributed by atoms with Crippen LogP contribution < -0.4 is 9.47 Å². The topological polar surface area (TPSA) is 38.8 Å². The lowest BCUT2D eigenvalue weighted by Gasteiger charge is -2.41. The minimum Gasteiger partial charge on any atom is -0.493 e. The van der Waals surface area contributed by atoms with Gasteiger partial charge in [0.25, 0.3) is 5.91 Å². The Morgan fingerprint density at radius 1 is 0.920 bits per heavy atom. The zero-order valence-corrected chi connectivity index (χ0v) is 15.4. The number of nitrogens with zero attached hydrogens (tertiary/aromatic N) is 1. The van der Waals surface area contributed by atoms with Crippen LogP contribution >= 0.6 is 0 Å². The molecule has 4 nitrogen and oxygen atoms in total. The predicted octanol–water partition coefficient (Wildman–Crippen LogP) is 4.57. The van der Waals surface area contributed by atoms with Crippen LogP contribution in [0.3, 0.4) is 0 Å². The van der Waals surface area contributed by atoms with Gasteiger partial charge >= 0.3 is 0 Å². The van der Waals surface area contributed by atoms with E-state index < -0.39 is 0 Å². The minimum atomic E-state index is 0.105. The van der Waals surface area contributed by atoms with Crippen LogP contribution in [0.5, 0.6) is 11.5 Å². The molecular weight excluding hydrogens is 314 g/mol. The Morgan fingerprint density at radius 3 is 1.96 bits per heavy atom. The van der Waals surface area contributed by atoms with Crippen LogP contribution in [0.25, 0.3) is 0 Å². The molecule has 0 aromatic heterocycles. The fraction of sp³-hybridized carbons (Fsp3) is 0.667. The molecule has 0 unspecified atom stereocenters. The molecule has 25 heavy (non-hydrogen) atoms. The summed E-state index contributed by atoms with van der Waals surface area (Å²) in [5.74, 6) is 1.47. The second kappa shape index (κ2) is 9.12. The Balaban J connectivity index is 1.67. The number of amides is 1. The van der Waals surface area contributed by atoms with Gasteiger partial charge in [0.2, 0.25) is 0 Å². The number of methoxy groups -OCH3 is 1. The summed E-state index contributed by atoms with van der Waals surface area (Å²) in [4.78, 5) is 15.3. The number of hydrogen-bond donors (Lipinski definition) is 0. The van der Waals surface area contributed by atoms with Crippen molar-refractivity contribution in [2.24, 2.45) is 0 Å². The standard InChI is InChI=1S/C21H31NO3/c1-24-19-14-8-9-15-20(19)25-16-21(23)22(17-10-4-2-5-11-17)18-12-6-3-7-13-18/h8-9,14-15,17-18H,2-7,10-13,16H2,1H3. The molecule has 0 radical (unpaired) electrons. The molecule has 2 aliphatic rings. The number of carbonyl (C=O) groups excluding carboxylic acids is 1. The molecule has 1 aromatic carbocycles. The molecule has 1 amide bonds. The Morgan fingerprint density at radius 2 is 1.44 bits per heavy atom. The van der Waals surface area contributed by atoms with Gasteiger partial charge in [0.1, 0.15) is 0 Å². The van der Waals surface area contributed by atoms with Crippen molar-refractivity contribution < 1.29 is 14.3 Å². The lowest BCUT2D eigenvalue weighted by Crippen LogP contribution is -2.50. The highest BCUT2D eigenvalue weighted by molar-refractivity contribution is 5.78. The number of rotatable bonds is 6. The largest absolute Gasteiger partial charge is 0.493 e. The van der Waals surface area contributed by atoms with Gasteiger partial charge in [0, 0.05) is 12.1 Å². The van der Waals surface area contributed by atoms with Gasteiger partial charge in [0.15, 0.2) is 18.1 Å². The van der Waals surface area contributed by atoms with E-state index in [2.05, 4.69) is 4.90 Å². The van der Waals surface area contributed by atoms with Gasteiger partial charge in [-0.2, -0.15) is 0 Å². The van der Waals surface area contributed by atoms with Crippen LogP contribution in [0.15, 0.2) is 24.3 Å². The van der Waals surface area contributed by atoms with Gasteiger partial charge in [-0.3, -0.25) is 4.79 Å². The zero-order chi connectivity index (χ0) is 17.5. The van der Waals surface area contributed by atoms with E-state index in [-0.39, 0.29) is 12.5 Å². The Hall–Kier alpha value is -1.71. The minimum absolute atomic E-state index is 0.105. The van der Waals surface area contributed by atoms with Crippen LogP contribution in [0.4, 0.5) is 0 Å². The third-order valence-corrected chi connectivity index (χ3v) is 5.64. The van der Waals surface area contributed by atoms with Gasteiger partial charge in [0.05, 0.1) is 7.11 Å². The number of hydrogen-bond acceptors (Lipinski definition) is 3. The molecule has 2 fully saturated rings. The average Bonchev–Trinajstić information content (AvgIpc) is 2.68. The Bertz CT molecular complexity index is 530. The molecule has 0 spiro atoms. The summed E-state index contributed by atoms with van der Waals surface area (Å²) in [7, 11) is 1.63. The molecule has 0 atom stereocenters. The number of para-hydroxylation sites is 2. The highest BCUT2D eigenvalue weighted by atomic mass is 16.5. The van der Waals surface area contributed by atoms with Crippen molar-refractivity contribution in [3.8, 4) is 11.5 Å². The van der Waals surface area contributed by atoms with Gasteiger partial charge < -0.3 is 14.4 Å². The third-order valence-electron chi connectivity index (χ3n) is 5.64. The monoisotopic (exact) mass is 345 g/mol. The van der Waals surface area contributed by atoms with Crippen LogP contribution in [0.2, 0.25) is 0 Å². The number of ether oxygens (including phenoxy) is 2. The second-order valence-corrected chi connectivity index (χ2v) is 7.32. The molecule has 3 rings (SSSR count). The fourth-order valence-corrected chi connectivity index (χ4v) is 4.38. The van der Waals surface area contributed by atoms with Crippen LogP contribution in [0.1, 0.15) is 64.2 Å². The zero-order valence-electron chi connectivity index (χ0n) is 15.4. The van der Waals surface area contributed by atoms with E-state index in [1.807, 2.05) is 24.3 Å². The normalized spacial score (nSPS) is 19.4. The van der Waals surface area contributed by atoms with Gasteiger partial charge in [-0.25, -0.2) is 0 Å². The summed E-state index contributed by atoms with van der Waals surface area (Å²) in [6, 6.07) is 8.35. The Labute approximate surface area is 151 Å². The first kappa shape index (κ1) is 18.1. The molecule has 0 aliphatic heterocycles. The second-order valence-electron chi connectivity index (χ2n) is 7.32. The van der Waals surface area contributed by atoms with Gasteiger partial charge in [-0.15, -0.1) is 0 Å². The summed E-state index contributed by atoms with van der Waals surface area (Å²) in [6.45, 7) is 0.105. The van der Waals surface area contributed by atoms with Crippen molar-refractivity contribution in [2.45, 2.75) is 76.3 Å². The number of benzene rings is 1. The van der Waals surface area contributed by atoms with Crippen molar-refractivity contribution in [2.75, 3.05) is 13.7 Å². The van der Waals surface area contributed by atoms with Crippen LogP contribution in [-0.2, 0) is 4.79 Å².